The molecular formula is C13H14N4O3. The number of nitrogens with zero attached hydrogens (tertiary/aromatic N) is 3. The van der Waals surface area contributed by atoms with Gasteiger partial charge in [0, 0.05) is 25.0 Å². The van der Waals surface area contributed by atoms with Gasteiger partial charge in [-0.25, -0.2) is 4.79 Å². The molecule has 0 aliphatic rings. The Balaban J connectivity index is 2.34. The maximum atomic E-state index is 12.1. The summed E-state index contributed by atoms with van der Waals surface area (Å²) in [5, 5.41) is 6.80. The number of pyridine rings is 1. The molecular weight excluding hydrogens is 260 g/mol. The minimum atomic E-state index is -0.557. The van der Waals surface area contributed by atoms with E-state index in [0.29, 0.717) is 16.9 Å². The highest BCUT2D eigenvalue weighted by Crippen LogP contribution is 2.21. The van der Waals surface area contributed by atoms with Crippen molar-refractivity contribution in [2.24, 2.45) is 7.05 Å². The van der Waals surface area contributed by atoms with Crippen LogP contribution in [0.15, 0.2) is 24.5 Å². The number of nitrogens with one attached hydrogen (secondary N) is 1. The Kier molecular flexibility index (Phi) is 3.79. The van der Waals surface area contributed by atoms with Crippen LogP contribution in [0.1, 0.15) is 26.5 Å². The van der Waals surface area contributed by atoms with Gasteiger partial charge in [0.2, 0.25) is 0 Å². The van der Waals surface area contributed by atoms with Crippen molar-refractivity contribution >= 4 is 17.6 Å². The van der Waals surface area contributed by atoms with Gasteiger partial charge in [-0.15, -0.1) is 0 Å². The van der Waals surface area contributed by atoms with Crippen LogP contribution in [0.25, 0.3) is 0 Å². The van der Waals surface area contributed by atoms with Crippen molar-refractivity contribution in [2.75, 3.05) is 12.4 Å². The van der Waals surface area contributed by atoms with E-state index >= 15 is 0 Å². The zero-order valence-corrected chi connectivity index (χ0v) is 11.4. The van der Waals surface area contributed by atoms with Crippen molar-refractivity contribution in [3.05, 3.63) is 41.5 Å². The van der Waals surface area contributed by atoms with Crippen molar-refractivity contribution in [3.63, 3.8) is 0 Å². The van der Waals surface area contributed by atoms with Crippen molar-refractivity contribution in [2.45, 2.75) is 6.92 Å². The van der Waals surface area contributed by atoms with Crippen LogP contribution in [0.2, 0.25) is 0 Å². The molecule has 0 radical (unpaired) electrons. The minimum Gasteiger partial charge on any atom is -0.464 e. The molecule has 1 N–H and O–H groups in total. The average Bonchev–Trinajstić information content (AvgIpc) is 2.73. The summed E-state index contributed by atoms with van der Waals surface area (Å²) in [5.74, 6) is -0.896. The van der Waals surface area contributed by atoms with E-state index in [4.69, 9.17) is 4.74 Å². The number of esters is 1. The van der Waals surface area contributed by atoms with E-state index in [1.54, 1.807) is 26.1 Å². The fourth-order valence-electron chi connectivity index (χ4n) is 1.83. The van der Waals surface area contributed by atoms with Crippen molar-refractivity contribution in [1.82, 2.24) is 14.8 Å². The molecule has 2 rings (SSSR count). The van der Waals surface area contributed by atoms with E-state index in [1.807, 2.05) is 0 Å². The van der Waals surface area contributed by atoms with Gasteiger partial charge in [-0.05, 0) is 19.1 Å². The molecule has 20 heavy (non-hydrogen) atoms. The molecule has 1 amide bonds. The van der Waals surface area contributed by atoms with Crippen LogP contribution in [0.4, 0.5) is 5.69 Å². The number of hydrogen-bond acceptors (Lipinski definition) is 5. The molecule has 0 unspecified atom stereocenters. The van der Waals surface area contributed by atoms with Crippen molar-refractivity contribution in [3.8, 4) is 0 Å². The van der Waals surface area contributed by atoms with E-state index in [0.717, 1.165) is 0 Å². The molecule has 2 aromatic heterocycles. The molecule has 0 aromatic carbocycles. The topological polar surface area (TPSA) is 86.1 Å². The first-order valence-electron chi connectivity index (χ1n) is 5.88. The number of methoxy groups -OCH3 is 1. The number of hydrogen-bond donors (Lipinski definition) is 1. The standard InChI is InChI=1S/C13H14N4O3/c1-8-10(11(13(19)20-3)17(2)16-8)15-12(18)9-4-6-14-7-5-9/h4-7H,1-3H3,(H,15,18). The molecule has 0 bridgehead atoms. The summed E-state index contributed by atoms with van der Waals surface area (Å²) in [5.41, 5.74) is 1.53. The second-order valence-corrected chi connectivity index (χ2v) is 4.11. The Morgan fingerprint density at radius 3 is 2.55 bits per heavy atom. The third kappa shape index (κ3) is 2.51. The van der Waals surface area contributed by atoms with Crippen LogP contribution in [-0.2, 0) is 11.8 Å². The number of rotatable bonds is 3. The Bertz CT molecular complexity index is 649. The van der Waals surface area contributed by atoms with Crippen LogP contribution >= 0.6 is 0 Å². The van der Waals surface area contributed by atoms with Gasteiger partial charge in [0.05, 0.1) is 18.5 Å². The summed E-state index contributed by atoms with van der Waals surface area (Å²) >= 11 is 0. The molecule has 0 saturated heterocycles. The molecule has 2 heterocycles. The summed E-state index contributed by atoms with van der Waals surface area (Å²) in [4.78, 5) is 27.7. The zero-order valence-electron chi connectivity index (χ0n) is 11.4. The number of anilines is 1. The second-order valence-electron chi connectivity index (χ2n) is 4.11. The SMILES string of the molecule is COC(=O)c1c(NC(=O)c2ccncc2)c(C)nn1C. The van der Waals surface area contributed by atoms with Gasteiger partial charge in [0.1, 0.15) is 0 Å². The summed E-state index contributed by atoms with van der Waals surface area (Å²) in [6, 6.07) is 3.16. The Morgan fingerprint density at radius 2 is 1.95 bits per heavy atom. The maximum Gasteiger partial charge on any atom is 0.358 e. The predicted molar refractivity (Wildman–Crippen MR) is 71.5 cm³/mol. The van der Waals surface area contributed by atoms with E-state index in [9.17, 15) is 9.59 Å². The smallest absolute Gasteiger partial charge is 0.358 e. The zero-order chi connectivity index (χ0) is 14.7. The first-order valence-corrected chi connectivity index (χ1v) is 5.88. The lowest BCUT2D eigenvalue weighted by Crippen LogP contribution is -2.16. The second kappa shape index (κ2) is 5.52. The van der Waals surface area contributed by atoms with Gasteiger partial charge in [0.25, 0.3) is 5.91 Å². The Hall–Kier alpha value is -2.70. The molecule has 2 aromatic rings. The van der Waals surface area contributed by atoms with Gasteiger partial charge in [-0.3, -0.25) is 14.5 Å². The fraction of sp³-hybridized carbons (Fsp3) is 0.231. The van der Waals surface area contributed by atoms with Gasteiger partial charge in [-0.1, -0.05) is 0 Å². The normalized spacial score (nSPS) is 10.2. The monoisotopic (exact) mass is 274 g/mol. The third-order valence-electron chi connectivity index (χ3n) is 2.78. The van der Waals surface area contributed by atoms with Gasteiger partial charge >= 0.3 is 5.97 Å². The summed E-state index contributed by atoms with van der Waals surface area (Å²) < 4.78 is 6.08. The van der Waals surface area contributed by atoms with E-state index < -0.39 is 5.97 Å². The fourth-order valence-corrected chi connectivity index (χ4v) is 1.83. The van der Waals surface area contributed by atoms with Crippen LogP contribution in [0.5, 0.6) is 0 Å². The maximum absolute atomic E-state index is 12.1. The first kappa shape index (κ1) is 13.7. The number of aryl methyl sites for hydroxylation is 2. The van der Waals surface area contributed by atoms with Crippen LogP contribution < -0.4 is 5.32 Å². The highest BCUT2D eigenvalue weighted by Gasteiger charge is 2.22. The highest BCUT2D eigenvalue weighted by atomic mass is 16.5. The molecule has 0 atom stereocenters. The Labute approximate surface area is 115 Å². The lowest BCUT2D eigenvalue weighted by atomic mass is 10.2. The molecule has 0 aliphatic carbocycles. The molecule has 0 aliphatic heterocycles. The first-order chi connectivity index (χ1) is 9.54. The van der Waals surface area contributed by atoms with E-state index in [2.05, 4.69) is 15.4 Å². The molecule has 0 saturated carbocycles. The third-order valence-corrected chi connectivity index (χ3v) is 2.78. The number of carbonyl (C=O) groups excluding carboxylic acids is 2. The minimum absolute atomic E-state index is 0.201. The largest absolute Gasteiger partial charge is 0.464 e. The number of amides is 1. The van der Waals surface area contributed by atoms with E-state index in [-0.39, 0.29) is 11.6 Å². The summed E-state index contributed by atoms with van der Waals surface area (Å²) in [6.07, 6.45) is 3.04. The summed E-state index contributed by atoms with van der Waals surface area (Å²) in [7, 11) is 2.89. The van der Waals surface area contributed by atoms with E-state index in [1.165, 1.54) is 24.2 Å². The van der Waals surface area contributed by atoms with Gasteiger partial charge < -0.3 is 10.1 Å². The van der Waals surface area contributed by atoms with Crippen molar-refractivity contribution < 1.29 is 14.3 Å². The lowest BCUT2D eigenvalue weighted by molar-refractivity contribution is 0.0589. The predicted octanol–water partition coefficient (Wildman–Crippen LogP) is 1.16. The van der Waals surface area contributed by atoms with Crippen molar-refractivity contribution in [1.29, 1.82) is 0 Å². The van der Waals surface area contributed by atoms with Gasteiger partial charge in [-0.2, -0.15) is 5.10 Å². The lowest BCUT2D eigenvalue weighted by Gasteiger charge is -2.07. The average molecular weight is 274 g/mol. The Morgan fingerprint density at radius 1 is 1.30 bits per heavy atom. The van der Waals surface area contributed by atoms with Crippen LogP contribution in [-0.4, -0.2) is 33.8 Å². The highest BCUT2D eigenvalue weighted by molar-refractivity contribution is 6.07. The number of carbonyl (C=O) groups is 2. The summed E-state index contributed by atoms with van der Waals surface area (Å²) in [6.45, 7) is 1.70. The number of ether oxygens (including phenoxy) is 1. The number of aromatic nitrogens is 3. The molecule has 104 valence electrons. The van der Waals surface area contributed by atoms with Crippen LogP contribution in [0.3, 0.4) is 0 Å². The molecule has 0 fully saturated rings. The quantitative estimate of drug-likeness (QED) is 0.849. The molecule has 7 nitrogen and oxygen atoms in total. The molecule has 0 spiro atoms. The van der Waals surface area contributed by atoms with Crippen LogP contribution in [0, 0.1) is 6.92 Å². The van der Waals surface area contributed by atoms with Gasteiger partial charge in [0.15, 0.2) is 5.69 Å². The molecule has 7 heteroatoms.